The van der Waals surface area contributed by atoms with Crippen LogP contribution in [0, 0.1) is 0 Å². The van der Waals surface area contributed by atoms with Gasteiger partial charge < -0.3 is 24.6 Å². The monoisotopic (exact) mass is 718 g/mol. The molecule has 0 spiro atoms. The highest BCUT2D eigenvalue weighted by atomic mass is 79.9. The van der Waals surface area contributed by atoms with Crippen LogP contribution in [0.1, 0.15) is 34.8 Å². The van der Waals surface area contributed by atoms with Crippen molar-refractivity contribution in [1.29, 1.82) is 0 Å². The zero-order valence-electron chi connectivity index (χ0n) is 27.3. The molecule has 5 aromatic carbocycles. The number of benzene rings is 5. The third-order valence-corrected chi connectivity index (χ3v) is 9.12. The molecular weight excluding hydrogens is 680 g/mol. The lowest BCUT2D eigenvalue weighted by Gasteiger charge is -2.31. The number of aliphatic hydroxyl groups is 1. The molecule has 8 heteroatoms. The first-order valence-electron chi connectivity index (χ1n) is 16.4. The van der Waals surface area contributed by atoms with Crippen LogP contribution in [0.5, 0.6) is 11.5 Å². The van der Waals surface area contributed by atoms with Gasteiger partial charge in [0.25, 0.3) is 5.91 Å². The number of nitrogens with zero attached hydrogens (tertiary/aromatic N) is 1. The second-order valence-electron chi connectivity index (χ2n) is 11.9. The van der Waals surface area contributed by atoms with Crippen molar-refractivity contribution in [2.24, 2.45) is 4.99 Å². The van der Waals surface area contributed by atoms with Crippen LogP contribution in [0.25, 0.3) is 11.1 Å². The molecule has 49 heavy (non-hydrogen) atoms. The minimum atomic E-state index is -1.30. The minimum Gasteiger partial charge on any atom is -0.497 e. The Hall–Kier alpha value is -4.92. The molecule has 2 atom stereocenters. The lowest BCUT2D eigenvalue weighted by atomic mass is 9.81. The lowest BCUT2D eigenvalue weighted by Crippen LogP contribution is -2.50. The summed E-state index contributed by atoms with van der Waals surface area (Å²) in [5.41, 5.74) is 4.52. The Morgan fingerprint density at radius 1 is 0.816 bits per heavy atom. The van der Waals surface area contributed by atoms with E-state index in [0.29, 0.717) is 44.1 Å². The first kappa shape index (κ1) is 34.0. The molecule has 0 fully saturated rings. The molecule has 0 aromatic heterocycles. The van der Waals surface area contributed by atoms with Crippen LogP contribution in [0.15, 0.2) is 137 Å². The van der Waals surface area contributed by atoms with Gasteiger partial charge >= 0.3 is 0 Å². The molecule has 1 heterocycles. The molecule has 0 saturated heterocycles. The number of hydrogen-bond donors (Lipinski definition) is 2. The minimum absolute atomic E-state index is 0.0685. The number of aliphatic imine (C=N–C) groups is 1. The average Bonchev–Trinajstić information content (AvgIpc) is 3.54. The van der Waals surface area contributed by atoms with Crippen molar-refractivity contribution in [3.63, 3.8) is 0 Å². The van der Waals surface area contributed by atoms with Crippen molar-refractivity contribution in [3.8, 4) is 22.6 Å². The molecule has 6 rings (SSSR count). The molecule has 1 amide bonds. The molecular formula is C41H39BrN2O5. The fourth-order valence-corrected chi connectivity index (χ4v) is 6.21. The van der Waals surface area contributed by atoms with Gasteiger partial charge in [0.05, 0.1) is 13.7 Å². The number of ether oxygens (including phenoxy) is 3. The summed E-state index contributed by atoms with van der Waals surface area (Å²) >= 11 is 3.54. The number of carbonyl (C=O) groups excluding carboxylic acids is 1. The maximum Gasteiger partial charge on any atom is 0.252 e. The van der Waals surface area contributed by atoms with E-state index in [1.54, 1.807) is 7.11 Å². The van der Waals surface area contributed by atoms with E-state index >= 15 is 0 Å². The van der Waals surface area contributed by atoms with Gasteiger partial charge in [-0.15, -0.1) is 0 Å². The summed E-state index contributed by atoms with van der Waals surface area (Å²) in [5, 5.41) is 12.3. The third kappa shape index (κ3) is 8.21. The molecule has 250 valence electrons. The second-order valence-corrected chi connectivity index (χ2v) is 12.9. The number of hydrogen-bond acceptors (Lipinski definition) is 6. The number of carbonyl (C=O) groups is 1. The summed E-state index contributed by atoms with van der Waals surface area (Å²) in [6.07, 6.45) is 0.827. The molecule has 0 radical (unpaired) electrons. The Kier molecular flexibility index (Phi) is 11.1. The maximum atomic E-state index is 14.6. The van der Waals surface area contributed by atoms with E-state index < -0.39 is 11.6 Å². The highest BCUT2D eigenvalue weighted by Gasteiger charge is 2.53. The van der Waals surface area contributed by atoms with Gasteiger partial charge in [-0.2, -0.15) is 0 Å². The lowest BCUT2D eigenvalue weighted by molar-refractivity contribution is -0.128. The van der Waals surface area contributed by atoms with Crippen LogP contribution >= 0.6 is 15.9 Å². The van der Waals surface area contributed by atoms with E-state index in [-0.39, 0.29) is 12.5 Å². The second kappa shape index (κ2) is 16.0. The molecule has 1 aliphatic rings. The van der Waals surface area contributed by atoms with Crippen LogP contribution in [-0.2, 0) is 22.4 Å². The summed E-state index contributed by atoms with van der Waals surface area (Å²) in [4.78, 5) is 19.8. The zero-order chi connectivity index (χ0) is 34.1. The fraction of sp³-hybridized carbons (Fsp3) is 0.220. The van der Waals surface area contributed by atoms with Crippen LogP contribution in [0.2, 0.25) is 0 Å². The molecule has 0 bridgehead atoms. The normalized spacial score (nSPS) is 16.8. The Morgan fingerprint density at radius 2 is 1.45 bits per heavy atom. The quantitative estimate of drug-likeness (QED) is 0.115. The number of amides is 1. The van der Waals surface area contributed by atoms with Crippen LogP contribution in [0.4, 0.5) is 0 Å². The van der Waals surface area contributed by atoms with Gasteiger partial charge in [0.1, 0.15) is 11.5 Å². The Labute approximate surface area is 295 Å². The van der Waals surface area contributed by atoms with Gasteiger partial charge in [-0.3, -0.25) is 4.79 Å². The fourth-order valence-electron chi connectivity index (χ4n) is 5.94. The largest absolute Gasteiger partial charge is 0.497 e. The first-order chi connectivity index (χ1) is 24.0. The summed E-state index contributed by atoms with van der Waals surface area (Å²) in [5.74, 6) is 1.65. The van der Waals surface area contributed by atoms with Crippen LogP contribution < -0.4 is 14.8 Å². The van der Waals surface area contributed by atoms with Crippen LogP contribution in [0.3, 0.4) is 0 Å². The Bertz CT molecular complexity index is 1840. The topological polar surface area (TPSA) is 89.4 Å². The van der Waals surface area contributed by atoms with Crippen LogP contribution in [-0.4, -0.2) is 49.3 Å². The number of aliphatic hydroxyl groups excluding tert-OH is 1. The number of nitrogens with one attached hydrogen (secondary N) is 1. The van der Waals surface area contributed by atoms with Gasteiger partial charge in [-0.25, -0.2) is 4.99 Å². The van der Waals surface area contributed by atoms with Crippen molar-refractivity contribution in [2.45, 2.75) is 30.9 Å². The van der Waals surface area contributed by atoms with Crippen molar-refractivity contribution in [3.05, 3.63) is 154 Å². The SMILES string of the molecule is COc1ccc(CCNC(=O)[C@]2(Cc3ccc(Br)cc3)N=C(c3ccc(OCCCO)cc3)O[C@@H]2c2ccc(-c3ccccc3)cc2)cc1. The Balaban J connectivity index is 1.36. The molecule has 2 N–H and O–H groups in total. The zero-order valence-corrected chi connectivity index (χ0v) is 28.9. The first-order valence-corrected chi connectivity index (χ1v) is 17.2. The van der Waals surface area contributed by atoms with Gasteiger partial charge in [0.15, 0.2) is 11.6 Å². The Morgan fingerprint density at radius 3 is 2.12 bits per heavy atom. The molecule has 7 nitrogen and oxygen atoms in total. The highest BCUT2D eigenvalue weighted by molar-refractivity contribution is 9.10. The van der Waals surface area contributed by atoms with Gasteiger partial charge in [-0.1, -0.05) is 94.8 Å². The number of halogens is 1. The average molecular weight is 720 g/mol. The van der Waals surface area contributed by atoms with E-state index in [2.05, 4.69) is 45.5 Å². The summed E-state index contributed by atoms with van der Waals surface area (Å²) < 4.78 is 18.7. The van der Waals surface area contributed by atoms with Gasteiger partial charge in [0, 0.05) is 36.0 Å². The molecule has 1 aliphatic heterocycles. The van der Waals surface area contributed by atoms with Gasteiger partial charge in [0.2, 0.25) is 5.90 Å². The molecule has 0 saturated carbocycles. The van der Waals surface area contributed by atoms with Crippen molar-refractivity contribution < 1.29 is 24.1 Å². The summed E-state index contributed by atoms with van der Waals surface area (Å²) in [6, 6.07) is 41.7. The molecule has 0 unspecified atom stereocenters. The summed E-state index contributed by atoms with van der Waals surface area (Å²) in [7, 11) is 1.64. The smallest absolute Gasteiger partial charge is 0.252 e. The highest BCUT2D eigenvalue weighted by Crippen LogP contribution is 2.43. The van der Waals surface area contributed by atoms with Crippen molar-refractivity contribution >= 4 is 27.7 Å². The number of rotatable bonds is 14. The van der Waals surface area contributed by atoms with Gasteiger partial charge in [-0.05, 0) is 82.8 Å². The molecule has 0 aliphatic carbocycles. The summed E-state index contributed by atoms with van der Waals surface area (Å²) in [6.45, 7) is 0.915. The van der Waals surface area contributed by atoms with Crippen molar-refractivity contribution in [1.82, 2.24) is 5.32 Å². The standard InChI is InChI=1S/C41H39BrN2O5/c1-47-36-20-10-29(11-21-36)24-25-43-40(46)41(28-30-8-18-35(42)19-9-30)38(33-14-12-32(13-15-33)31-6-3-2-4-7-31)49-39(44-41)34-16-22-37(23-17-34)48-27-5-26-45/h2-4,6-23,38,45H,5,24-28H2,1H3,(H,43,46)/t38-,41-/m1/s1. The molecule has 5 aromatic rings. The maximum absolute atomic E-state index is 14.6. The van der Waals surface area contributed by atoms with E-state index in [9.17, 15) is 4.79 Å². The van der Waals surface area contributed by atoms with E-state index in [0.717, 1.165) is 43.6 Å². The van der Waals surface area contributed by atoms with E-state index in [1.807, 2.05) is 103 Å². The predicted octanol–water partition coefficient (Wildman–Crippen LogP) is 7.74. The van der Waals surface area contributed by atoms with E-state index in [1.165, 1.54) is 0 Å². The third-order valence-electron chi connectivity index (χ3n) is 8.60. The number of methoxy groups -OCH3 is 1. The predicted molar refractivity (Wildman–Crippen MR) is 196 cm³/mol. The van der Waals surface area contributed by atoms with Crippen molar-refractivity contribution in [2.75, 3.05) is 26.9 Å². The van der Waals surface area contributed by atoms with E-state index in [4.69, 9.17) is 24.3 Å².